The number of aryl methyl sites for hydroxylation is 2. The second-order valence-corrected chi connectivity index (χ2v) is 8.72. The van der Waals surface area contributed by atoms with Gasteiger partial charge in [0.2, 0.25) is 0 Å². The Morgan fingerprint density at radius 3 is 2.77 bits per heavy atom. The number of aromatic nitrogens is 2. The number of pyridine rings is 1. The molecule has 1 aliphatic carbocycles. The number of ether oxygens (including phenoxy) is 1. The molecular formula is C26H30N4O. The van der Waals surface area contributed by atoms with Crippen LogP contribution in [0.15, 0.2) is 54.7 Å². The lowest BCUT2D eigenvalue weighted by molar-refractivity contribution is 0.415. The van der Waals surface area contributed by atoms with Crippen LogP contribution in [0.5, 0.6) is 5.75 Å². The Bertz CT molecular complexity index is 1230. The van der Waals surface area contributed by atoms with Crippen molar-refractivity contribution in [2.45, 2.75) is 44.8 Å². The highest BCUT2D eigenvalue weighted by atomic mass is 16.5. The van der Waals surface area contributed by atoms with Crippen molar-refractivity contribution >= 4 is 27.6 Å². The Kier molecular flexibility index (Phi) is 5.28. The zero-order chi connectivity index (χ0) is 21.4. The van der Waals surface area contributed by atoms with Crippen LogP contribution < -0.4 is 15.4 Å². The summed E-state index contributed by atoms with van der Waals surface area (Å²) >= 11 is 0. The third-order valence-electron chi connectivity index (χ3n) is 6.57. The third kappa shape index (κ3) is 3.98. The van der Waals surface area contributed by atoms with Crippen molar-refractivity contribution in [3.05, 3.63) is 65.9 Å². The normalized spacial score (nSPS) is 18.7. The molecule has 2 aromatic carbocycles. The van der Waals surface area contributed by atoms with Gasteiger partial charge in [0.25, 0.3) is 0 Å². The van der Waals surface area contributed by atoms with Crippen molar-refractivity contribution in [2.75, 3.05) is 12.4 Å². The molecule has 31 heavy (non-hydrogen) atoms. The van der Waals surface area contributed by atoms with E-state index in [2.05, 4.69) is 71.8 Å². The summed E-state index contributed by atoms with van der Waals surface area (Å²) in [6, 6.07) is 17.8. The van der Waals surface area contributed by atoms with Gasteiger partial charge in [0, 0.05) is 54.2 Å². The lowest BCUT2D eigenvalue weighted by Gasteiger charge is -2.16. The van der Waals surface area contributed by atoms with Crippen molar-refractivity contribution in [1.82, 2.24) is 14.9 Å². The Morgan fingerprint density at radius 1 is 1.06 bits per heavy atom. The molecule has 1 aliphatic rings. The third-order valence-corrected chi connectivity index (χ3v) is 6.57. The molecule has 1 fully saturated rings. The Morgan fingerprint density at radius 2 is 1.90 bits per heavy atom. The highest BCUT2D eigenvalue weighted by molar-refractivity contribution is 5.85. The molecule has 2 N–H and O–H groups in total. The number of nitrogens with one attached hydrogen (secondary N) is 2. The zero-order valence-corrected chi connectivity index (χ0v) is 18.5. The van der Waals surface area contributed by atoms with Gasteiger partial charge in [0.15, 0.2) is 0 Å². The van der Waals surface area contributed by atoms with Gasteiger partial charge in [0.1, 0.15) is 11.6 Å². The Balaban J connectivity index is 1.24. The molecule has 0 bridgehead atoms. The van der Waals surface area contributed by atoms with Gasteiger partial charge >= 0.3 is 0 Å². The predicted molar refractivity (Wildman–Crippen MR) is 128 cm³/mol. The van der Waals surface area contributed by atoms with Crippen molar-refractivity contribution < 1.29 is 4.74 Å². The summed E-state index contributed by atoms with van der Waals surface area (Å²) in [5.74, 6) is 1.80. The molecule has 0 aliphatic heterocycles. The van der Waals surface area contributed by atoms with Crippen LogP contribution in [0.25, 0.3) is 21.8 Å². The largest absolute Gasteiger partial charge is 0.497 e. The van der Waals surface area contributed by atoms with E-state index in [4.69, 9.17) is 9.72 Å². The minimum absolute atomic E-state index is 0.444. The van der Waals surface area contributed by atoms with E-state index in [1.165, 1.54) is 33.8 Å². The molecule has 5 rings (SSSR count). The maximum Gasteiger partial charge on any atom is 0.127 e. The summed E-state index contributed by atoms with van der Waals surface area (Å²) in [5, 5.41) is 9.98. The number of rotatable bonds is 6. The lowest BCUT2D eigenvalue weighted by Crippen LogP contribution is -2.27. The molecule has 2 aromatic heterocycles. The average molecular weight is 415 g/mol. The van der Waals surface area contributed by atoms with Gasteiger partial charge in [-0.15, -0.1) is 0 Å². The molecule has 5 nitrogen and oxygen atoms in total. The molecule has 2 heterocycles. The molecular weight excluding hydrogens is 384 g/mol. The van der Waals surface area contributed by atoms with E-state index in [9.17, 15) is 0 Å². The van der Waals surface area contributed by atoms with Crippen molar-refractivity contribution in [3.8, 4) is 5.75 Å². The molecule has 0 radical (unpaired) electrons. The van der Waals surface area contributed by atoms with Gasteiger partial charge in [-0.2, -0.15) is 0 Å². The van der Waals surface area contributed by atoms with Crippen LogP contribution in [0.1, 0.15) is 30.4 Å². The van der Waals surface area contributed by atoms with E-state index in [1.54, 1.807) is 7.11 Å². The van der Waals surface area contributed by atoms with Gasteiger partial charge in [-0.1, -0.05) is 18.2 Å². The first-order valence-corrected chi connectivity index (χ1v) is 11.1. The van der Waals surface area contributed by atoms with Crippen LogP contribution in [0.3, 0.4) is 0 Å². The summed E-state index contributed by atoms with van der Waals surface area (Å²) in [4.78, 5) is 4.85. The van der Waals surface area contributed by atoms with E-state index in [0.29, 0.717) is 12.1 Å². The summed E-state index contributed by atoms with van der Waals surface area (Å²) in [6.45, 7) is 3.05. The number of nitrogens with zero attached hydrogens (tertiary/aromatic N) is 2. The molecule has 0 unspecified atom stereocenters. The number of para-hydroxylation sites is 1. The van der Waals surface area contributed by atoms with Gasteiger partial charge in [0.05, 0.1) is 12.6 Å². The minimum atomic E-state index is 0.444. The van der Waals surface area contributed by atoms with Gasteiger partial charge in [-0.3, -0.25) is 0 Å². The van der Waals surface area contributed by atoms with E-state index in [-0.39, 0.29) is 0 Å². The second-order valence-electron chi connectivity index (χ2n) is 8.72. The van der Waals surface area contributed by atoms with E-state index in [0.717, 1.165) is 36.5 Å². The quantitative estimate of drug-likeness (QED) is 0.457. The SMILES string of the molecule is COc1ccc2c(C)cc(N[C@H]3CC[C@H](NCc4cn(C)c5ccccc45)C3)nc2c1. The Hall–Kier alpha value is -3.05. The summed E-state index contributed by atoms with van der Waals surface area (Å²) in [7, 11) is 3.82. The van der Waals surface area contributed by atoms with Crippen LogP contribution in [0.2, 0.25) is 0 Å². The molecule has 1 saturated carbocycles. The molecule has 160 valence electrons. The van der Waals surface area contributed by atoms with Crippen LogP contribution in [-0.4, -0.2) is 28.7 Å². The standard InChI is InChI=1S/C26H30N4O/c1-17-12-26(29-24-14-21(31-3)10-11-22(17)24)28-20-9-8-19(13-20)27-15-18-16-30(2)25-7-5-4-6-23(18)25/h4-7,10-12,14,16,19-20,27H,8-9,13,15H2,1-3H3,(H,28,29)/t19-,20-/m0/s1. The van der Waals surface area contributed by atoms with Crippen molar-refractivity contribution in [1.29, 1.82) is 0 Å². The molecule has 4 aromatic rings. The van der Waals surface area contributed by atoms with Crippen LogP contribution in [-0.2, 0) is 13.6 Å². The first kappa shape index (κ1) is 19.9. The minimum Gasteiger partial charge on any atom is -0.497 e. The van der Waals surface area contributed by atoms with E-state index < -0.39 is 0 Å². The van der Waals surface area contributed by atoms with Gasteiger partial charge in [-0.25, -0.2) is 4.98 Å². The highest BCUT2D eigenvalue weighted by Gasteiger charge is 2.25. The Labute approximate surface area is 183 Å². The first-order valence-electron chi connectivity index (χ1n) is 11.1. The van der Waals surface area contributed by atoms with Crippen LogP contribution in [0.4, 0.5) is 5.82 Å². The number of benzene rings is 2. The summed E-state index contributed by atoms with van der Waals surface area (Å²) < 4.78 is 7.59. The molecule has 5 heteroatoms. The maximum absolute atomic E-state index is 5.37. The summed E-state index contributed by atoms with van der Waals surface area (Å²) in [5.41, 5.74) is 4.87. The van der Waals surface area contributed by atoms with E-state index >= 15 is 0 Å². The van der Waals surface area contributed by atoms with Crippen LogP contribution >= 0.6 is 0 Å². The second kappa shape index (κ2) is 8.23. The van der Waals surface area contributed by atoms with E-state index in [1.807, 2.05) is 12.1 Å². The van der Waals surface area contributed by atoms with Gasteiger partial charge in [-0.05, 0) is 61.6 Å². The smallest absolute Gasteiger partial charge is 0.127 e. The lowest BCUT2D eigenvalue weighted by atomic mass is 10.1. The van der Waals surface area contributed by atoms with Crippen LogP contribution in [0, 0.1) is 6.92 Å². The zero-order valence-electron chi connectivity index (χ0n) is 18.5. The van der Waals surface area contributed by atoms with Crippen molar-refractivity contribution in [2.24, 2.45) is 7.05 Å². The molecule has 0 saturated heterocycles. The fourth-order valence-electron chi connectivity index (χ4n) is 4.91. The monoisotopic (exact) mass is 414 g/mol. The highest BCUT2D eigenvalue weighted by Crippen LogP contribution is 2.28. The average Bonchev–Trinajstić information content (AvgIpc) is 3.36. The molecule has 0 amide bonds. The number of methoxy groups -OCH3 is 1. The fraction of sp³-hybridized carbons (Fsp3) is 0.346. The van der Waals surface area contributed by atoms with Gasteiger partial charge < -0.3 is 19.9 Å². The number of hydrogen-bond acceptors (Lipinski definition) is 4. The number of hydrogen-bond donors (Lipinski definition) is 2. The fourth-order valence-corrected chi connectivity index (χ4v) is 4.91. The maximum atomic E-state index is 5.37. The molecule has 2 atom stereocenters. The molecule has 0 spiro atoms. The number of anilines is 1. The number of fused-ring (bicyclic) bond motifs is 2. The first-order chi connectivity index (χ1) is 15.1. The topological polar surface area (TPSA) is 51.1 Å². The predicted octanol–water partition coefficient (Wildman–Crippen LogP) is 5.17. The summed E-state index contributed by atoms with van der Waals surface area (Å²) in [6.07, 6.45) is 5.70. The van der Waals surface area contributed by atoms with Crippen molar-refractivity contribution in [3.63, 3.8) is 0 Å².